The van der Waals surface area contributed by atoms with Crippen molar-refractivity contribution in [2.24, 2.45) is 0 Å². The van der Waals surface area contributed by atoms with Crippen LogP contribution in [0.2, 0.25) is 10.4 Å². The van der Waals surface area contributed by atoms with Crippen molar-refractivity contribution in [2.45, 2.75) is 26.2 Å². The molecule has 4 heteroatoms. The van der Waals surface area contributed by atoms with Crippen LogP contribution >= 0.6 is 23.2 Å². The van der Waals surface area contributed by atoms with E-state index in [9.17, 15) is 0 Å². The van der Waals surface area contributed by atoms with E-state index in [0.717, 1.165) is 17.3 Å². The summed E-state index contributed by atoms with van der Waals surface area (Å²) in [4.78, 5) is 8.09. The van der Waals surface area contributed by atoms with Gasteiger partial charge in [0, 0.05) is 5.39 Å². The van der Waals surface area contributed by atoms with Crippen LogP contribution in [-0.2, 0) is 6.42 Å². The summed E-state index contributed by atoms with van der Waals surface area (Å²) in [6, 6.07) is 6.06. The molecule has 1 aromatic heterocycles. The number of unbranched alkanes of at least 4 members (excludes halogenated alkanes) is 1. The monoisotopic (exact) mass is 254 g/mol. The maximum absolute atomic E-state index is 5.98. The average Bonchev–Trinajstić information content (AvgIpc) is 2.25. The third kappa shape index (κ3) is 2.45. The fourth-order valence-corrected chi connectivity index (χ4v) is 2.10. The van der Waals surface area contributed by atoms with Gasteiger partial charge in [-0.05, 0) is 42.1 Å². The molecule has 2 rings (SSSR count). The lowest BCUT2D eigenvalue weighted by Crippen LogP contribution is -1.90. The highest BCUT2D eigenvalue weighted by molar-refractivity contribution is 6.35. The molecular weight excluding hydrogens is 243 g/mol. The molecule has 1 heterocycles. The summed E-state index contributed by atoms with van der Waals surface area (Å²) in [6.45, 7) is 2.18. The molecule has 0 saturated carbocycles. The van der Waals surface area contributed by atoms with Crippen LogP contribution in [0.5, 0.6) is 0 Å². The molecule has 0 aliphatic heterocycles. The standard InChI is InChI=1S/C12H12Cl2N2/c1-2-3-4-8-5-6-9-10(7-8)15-12(14)16-11(9)13/h5-7H,2-4H2,1H3. The third-order valence-corrected chi connectivity index (χ3v) is 2.96. The Morgan fingerprint density at radius 3 is 2.75 bits per heavy atom. The zero-order valence-electron chi connectivity index (χ0n) is 9.00. The molecular formula is C12H12Cl2N2. The first-order valence-corrected chi connectivity index (χ1v) is 6.08. The molecule has 2 aromatic rings. The minimum Gasteiger partial charge on any atom is -0.218 e. The number of aromatic nitrogens is 2. The molecule has 0 radical (unpaired) electrons. The summed E-state index contributed by atoms with van der Waals surface area (Å²) >= 11 is 11.8. The van der Waals surface area contributed by atoms with E-state index in [-0.39, 0.29) is 5.28 Å². The van der Waals surface area contributed by atoms with E-state index in [1.165, 1.54) is 18.4 Å². The van der Waals surface area contributed by atoms with Gasteiger partial charge in [-0.25, -0.2) is 9.97 Å². The molecule has 0 fully saturated rings. The Labute approximate surface area is 105 Å². The number of aryl methyl sites for hydroxylation is 1. The fraction of sp³-hybridized carbons (Fsp3) is 0.333. The van der Waals surface area contributed by atoms with Gasteiger partial charge in [0.1, 0.15) is 5.15 Å². The average molecular weight is 255 g/mol. The number of nitrogens with zero attached hydrogens (tertiary/aromatic N) is 2. The smallest absolute Gasteiger partial charge is 0.218 e. The Kier molecular flexibility index (Phi) is 3.62. The lowest BCUT2D eigenvalue weighted by atomic mass is 10.1. The van der Waals surface area contributed by atoms with E-state index in [4.69, 9.17) is 23.2 Å². The van der Waals surface area contributed by atoms with Crippen LogP contribution in [0.25, 0.3) is 10.9 Å². The van der Waals surface area contributed by atoms with Gasteiger partial charge in [-0.15, -0.1) is 0 Å². The molecule has 0 aliphatic rings. The molecule has 0 N–H and O–H groups in total. The first-order valence-electron chi connectivity index (χ1n) is 5.32. The highest BCUT2D eigenvalue weighted by Crippen LogP contribution is 2.23. The first-order chi connectivity index (χ1) is 7.70. The zero-order valence-corrected chi connectivity index (χ0v) is 10.5. The number of benzene rings is 1. The first kappa shape index (κ1) is 11.6. The summed E-state index contributed by atoms with van der Waals surface area (Å²) in [5, 5.41) is 1.47. The summed E-state index contributed by atoms with van der Waals surface area (Å²) in [6.07, 6.45) is 3.42. The Bertz CT molecular complexity index is 512. The van der Waals surface area contributed by atoms with Crippen LogP contribution in [0, 0.1) is 0 Å². The van der Waals surface area contributed by atoms with E-state index in [0.29, 0.717) is 5.15 Å². The number of fused-ring (bicyclic) bond motifs is 1. The van der Waals surface area contributed by atoms with Crippen LogP contribution < -0.4 is 0 Å². The fourth-order valence-electron chi connectivity index (χ4n) is 1.65. The number of halogens is 2. The molecule has 0 aliphatic carbocycles. The number of rotatable bonds is 3. The predicted molar refractivity (Wildman–Crippen MR) is 68.2 cm³/mol. The van der Waals surface area contributed by atoms with E-state index in [1.54, 1.807) is 0 Å². The Hall–Kier alpha value is -0.860. The van der Waals surface area contributed by atoms with Crippen molar-refractivity contribution in [3.63, 3.8) is 0 Å². The predicted octanol–water partition coefficient (Wildman–Crippen LogP) is 4.28. The van der Waals surface area contributed by atoms with Gasteiger partial charge in [-0.2, -0.15) is 0 Å². The van der Waals surface area contributed by atoms with Gasteiger partial charge in [-0.1, -0.05) is 31.0 Å². The lowest BCUT2D eigenvalue weighted by Gasteiger charge is -2.03. The minimum atomic E-state index is 0.199. The molecule has 0 bridgehead atoms. The second-order valence-corrected chi connectivity index (χ2v) is 4.43. The molecule has 84 valence electrons. The van der Waals surface area contributed by atoms with Crippen LogP contribution in [-0.4, -0.2) is 9.97 Å². The van der Waals surface area contributed by atoms with Gasteiger partial charge in [0.25, 0.3) is 0 Å². The van der Waals surface area contributed by atoms with E-state index < -0.39 is 0 Å². The number of hydrogen-bond donors (Lipinski definition) is 0. The highest BCUT2D eigenvalue weighted by Gasteiger charge is 2.05. The van der Waals surface area contributed by atoms with Crippen LogP contribution in [0.1, 0.15) is 25.3 Å². The molecule has 0 amide bonds. The van der Waals surface area contributed by atoms with E-state index in [2.05, 4.69) is 23.0 Å². The Morgan fingerprint density at radius 1 is 1.19 bits per heavy atom. The van der Waals surface area contributed by atoms with Gasteiger partial charge < -0.3 is 0 Å². The number of hydrogen-bond acceptors (Lipinski definition) is 2. The second kappa shape index (κ2) is 4.98. The molecule has 16 heavy (non-hydrogen) atoms. The SMILES string of the molecule is CCCCc1ccc2c(Cl)nc(Cl)nc2c1. The minimum absolute atomic E-state index is 0.199. The van der Waals surface area contributed by atoms with Crippen LogP contribution in [0.4, 0.5) is 0 Å². The molecule has 2 nitrogen and oxygen atoms in total. The Balaban J connectivity index is 2.45. The maximum atomic E-state index is 5.98. The topological polar surface area (TPSA) is 25.8 Å². The largest absolute Gasteiger partial charge is 0.224 e. The van der Waals surface area contributed by atoms with Crippen LogP contribution in [0.3, 0.4) is 0 Å². The highest BCUT2D eigenvalue weighted by atomic mass is 35.5. The van der Waals surface area contributed by atoms with Crippen molar-refractivity contribution in [1.29, 1.82) is 0 Å². The second-order valence-electron chi connectivity index (χ2n) is 3.74. The molecule has 1 aromatic carbocycles. The summed E-state index contributed by atoms with van der Waals surface area (Å²) in [5.74, 6) is 0. The van der Waals surface area contributed by atoms with Crippen molar-refractivity contribution in [2.75, 3.05) is 0 Å². The maximum Gasteiger partial charge on any atom is 0.224 e. The third-order valence-electron chi connectivity index (χ3n) is 2.51. The molecule has 0 atom stereocenters. The molecule has 0 unspecified atom stereocenters. The molecule has 0 saturated heterocycles. The van der Waals surface area contributed by atoms with E-state index >= 15 is 0 Å². The molecule has 0 spiro atoms. The summed E-state index contributed by atoms with van der Waals surface area (Å²) in [5.41, 5.74) is 2.08. The normalized spacial score (nSPS) is 10.9. The Morgan fingerprint density at radius 2 is 2.00 bits per heavy atom. The van der Waals surface area contributed by atoms with Crippen molar-refractivity contribution in [3.05, 3.63) is 34.2 Å². The van der Waals surface area contributed by atoms with Crippen molar-refractivity contribution in [3.8, 4) is 0 Å². The van der Waals surface area contributed by atoms with Gasteiger partial charge in [0.2, 0.25) is 5.28 Å². The van der Waals surface area contributed by atoms with Gasteiger partial charge in [-0.3, -0.25) is 0 Å². The van der Waals surface area contributed by atoms with Gasteiger partial charge >= 0.3 is 0 Å². The van der Waals surface area contributed by atoms with E-state index in [1.807, 2.05) is 12.1 Å². The van der Waals surface area contributed by atoms with Crippen molar-refractivity contribution < 1.29 is 0 Å². The van der Waals surface area contributed by atoms with Crippen LogP contribution in [0.15, 0.2) is 18.2 Å². The van der Waals surface area contributed by atoms with Gasteiger partial charge in [0.15, 0.2) is 0 Å². The van der Waals surface area contributed by atoms with Crippen molar-refractivity contribution >= 4 is 34.1 Å². The zero-order chi connectivity index (χ0) is 11.5. The summed E-state index contributed by atoms with van der Waals surface area (Å²) < 4.78 is 0. The lowest BCUT2D eigenvalue weighted by molar-refractivity contribution is 0.795. The van der Waals surface area contributed by atoms with Gasteiger partial charge in [0.05, 0.1) is 5.52 Å². The van der Waals surface area contributed by atoms with Crippen molar-refractivity contribution in [1.82, 2.24) is 9.97 Å². The summed E-state index contributed by atoms with van der Waals surface area (Å²) in [7, 11) is 0. The quantitative estimate of drug-likeness (QED) is 0.604.